The van der Waals surface area contributed by atoms with Gasteiger partial charge in [-0.15, -0.1) is 0 Å². The van der Waals surface area contributed by atoms with E-state index in [1.165, 1.54) is 13.8 Å². The second-order valence-corrected chi connectivity index (χ2v) is 5.61. The molecule has 0 fully saturated rings. The van der Waals surface area contributed by atoms with Crippen LogP contribution in [0.3, 0.4) is 0 Å². The second-order valence-electron chi connectivity index (χ2n) is 5.25. The van der Waals surface area contributed by atoms with Crippen LogP contribution in [0.2, 0.25) is 0 Å². The summed E-state index contributed by atoms with van der Waals surface area (Å²) in [6.45, 7) is 2.52. The van der Waals surface area contributed by atoms with E-state index in [2.05, 4.69) is 28.6 Å². The fourth-order valence-corrected chi connectivity index (χ4v) is 1.69. The lowest BCUT2D eigenvalue weighted by molar-refractivity contribution is -0.142. The number of thiol groups is 1. The van der Waals surface area contributed by atoms with Gasteiger partial charge >= 0.3 is 11.9 Å². The molecule has 3 amide bonds. The largest absolute Gasteiger partial charge is 0.481 e. The van der Waals surface area contributed by atoms with E-state index in [4.69, 9.17) is 15.9 Å². The summed E-state index contributed by atoms with van der Waals surface area (Å²) in [5.41, 5.74) is 5.44. The number of carboxylic acid groups (broad SMARTS) is 2. The van der Waals surface area contributed by atoms with Crippen molar-refractivity contribution in [2.45, 2.75) is 44.4 Å². The normalized spacial score (nSPS) is 15.2. The van der Waals surface area contributed by atoms with Crippen LogP contribution < -0.4 is 21.7 Å². The number of amides is 3. The van der Waals surface area contributed by atoms with Crippen LogP contribution >= 0.6 is 12.6 Å². The molecule has 0 aromatic carbocycles. The van der Waals surface area contributed by atoms with Gasteiger partial charge in [0.2, 0.25) is 17.7 Å². The molecule has 0 heterocycles. The standard InChI is InChI=1S/C13H22N4O7S/c1-5(10(20)16-6(2)13(23)24)15-12(22)8(3-9(18)19)17-11(21)7(14)4-25/h5-8,25H,3-4,14H2,1-2H3,(H,15,22)(H,16,20)(H,17,21)(H,18,19)(H,23,24). The molecule has 0 spiro atoms. The monoisotopic (exact) mass is 378 g/mol. The van der Waals surface area contributed by atoms with Crippen LogP contribution in [-0.2, 0) is 24.0 Å². The first-order valence-electron chi connectivity index (χ1n) is 7.21. The molecule has 0 rings (SSSR count). The Kier molecular flexibility index (Phi) is 9.53. The molecule has 4 atom stereocenters. The van der Waals surface area contributed by atoms with Crippen molar-refractivity contribution in [2.24, 2.45) is 5.73 Å². The van der Waals surface area contributed by atoms with E-state index >= 15 is 0 Å². The zero-order valence-electron chi connectivity index (χ0n) is 13.7. The number of nitrogens with one attached hydrogen (secondary N) is 3. The number of carbonyl (C=O) groups excluding carboxylic acids is 3. The molecule has 0 aromatic rings. The van der Waals surface area contributed by atoms with Crippen LogP contribution in [0.4, 0.5) is 0 Å². The molecule has 0 bridgehead atoms. The highest BCUT2D eigenvalue weighted by molar-refractivity contribution is 7.80. The van der Waals surface area contributed by atoms with Gasteiger partial charge in [0.1, 0.15) is 18.1 Å². The van der Waals surface area contributed by atoms with Gasteiger partial charge in [0.15, 0.2) is 0 Å². The molecule has 0 aromatic heterocycles. The Labute approximate surface area is 149 Å². The van der Waals surface area contributed by atoms with Crippen molar-refractivity contribution < 1.29 is 34.2 Å². The summed E-state index contributed by atoms with van der Waals surface area (Å²) >= 11 is 3.83. The third-order valence-electron chi connectivity index (χ3n) is 3.03. The maximum Gasteiger partial charge on any atom is 0.325 e. The van der Waals surface area contributed by atoms with Crippen molar-refractivity contribution in [1.82, 2.24) is 16.0 Å². The van der Waals surface area contributed by atoms with Gasteiger partial charge in [0, 0.05) is 5.75 Å². The first-order valence-corrected chi connectivity index (χ1v) is 7.85. The summed E-state index contributed by atoms with van der Waals surface area (Å²) in [5.74, 6) is -5.10. The van der Waals surface area contributed by atoms with Gasteiger partial charge in [-0.3, -0.25) is 24.0 Å². The van der Waals surface area contributed by atoms with Gasteiger partial charge in [-0.25, -0.2) is 0 Å². The van der Waals surface area contributed by atoms with Gasteiger partial charge in [-0.05, 0) is 13.8 Å². The topological polar surface area (TPSA) is 188 Å². The number of nitrogens with two attached hydrogens (primary N) is 1. The molecule has 0 saturated carbocycles. The Morgan fingerprint density at radius 1 is 0.920 bits per heavy atom. The van der Waals surface area contributed by atoms with Crippen LogP contribution in [0.25, 0.3) is 0 Å². The minimum absolute atomic E-state index is 0.0148. The lowest BCUT2D eigenvalue weighted by Gasteiger charge is -2.21. The quantitative estimate of drug-likeness (QED) is 0.200. The van der Waals surface area contributed by atoms with Crippen molar-refractivity contribution >= 4 is 42.3 Å². The highest BCUT2D eigenvalue weighted by atomic mass is 32.1. The van der Waals surface area contributed by atoms with E-state index in [-0.39, 0.29) is 5.75 Å². The molecule has 0 aliphatic carbocycles. The van der Waals surface area contributed by atoms with E-state index in [1.807, 2.05) is 0 Å². The molecular weight excluding hydrogens is 356 g/mol. The number of carboxylic acids is 2. The molecule has 0 aliphatic heterocycles. The van der Waals surface area contributed by atoms with Gasteiger partial charge in [-0.2, -0.15) is 12.6 Å². The van der Waals surface area contributed by atoms with Gasteiger partial charge < -0.3 is 31.9 Å². The smallest absolute Gasteiger partial charge is 0.325 e. The van der Waals surface area contributed by atoms with Crippen LogP contribution in [-0.4, -0.2) is 69.8 Å². The Hall–Kier alpha value is -2.34. The van der Waals surface area contributed by atoms with Crippen molar-refractivity contribution in [3.63, 3.8) is 0 Å². The molecule has 0 aliphatic rings. The highest BCUT2D eigenvalue weighted by Crippen LogP contribution is 1.97. The summed E-state index contributed by atoms with van der Waals surface area (Å²) in [4.78, 5) is 57.2. The summed E-state index contributed by atoms with van der Waals surface area (Å²) in [7, 11) is 0. The minimum Gasteiger partial charge on any atom is -0.481 e. The fraction of sp³-hybridized carbons (Fsp3) is 0.615. The molecule has 4 unspecified atom stereocenters. The number of aliphatic carboxylic acids is 2. The highest BCUT2D eigenvalue weighted by Gasteiger charge is 2.28. The maximum atomic E-state index is 12.1. The average molecular weight is 378 g/mol. The molecule has 25 heavy (non-hydrogen) atoms. The molecule has 11 nitrogen and oxygen atoms in total. The second kappa shape index (κ2) is 10.5. The SMILES string of the molecule is CC(NC(=O)C(C)NC(=O)C(CC(=O)O)NC(=O)C(N)CS)C(=O)O. The lowest BCUT2D eigenvalue weighted by atomic mass is 10.1. The summed E-state index contributed by atoms with van der Waals surface area (Å²) in [6.07, 6.45) is -0.725. The third kappa shape index (κ3) is 8.35. The van der Waals surface area contributed by atoms with Crippen LogP contribution in [0.5, 0.6) is 0 Å². The lowest BCUT2D eigenvalue weighted by Crippen LogP contribution is -2.56. The molecule has 7 N–H and O–H groups in total. The van der Waals surface area contributed by atoms with E-state index in [1.54, 1.807) is 0 Å². The summed E-state index contributed by atoms with van der Waals surface area (Å²) in [5, 5.41) is 24.1. The Bertz CT molecular complexity index is 542. The third-order valence-corrected chi connectivity index (χ3v) is 3.42. The zero-order valence-corrected chi connectivity index (χ0v) is 14.6. The molecule has 12 heteroatoms. The Balaban J connectivity index is 4.90. The Morgan fingerprint density at radius 2 is 1.44 bits per heavy atom. The van der Waals surface area contributed by atoms with Crippen LogP contribution in [0.1, 0.15) is 20.3 Å². The van der Waals surface area contributed by atoms with Gasteiger partial charge in [0.25, 0.3) is 0 Å². The van der Waals surface area contributed by atoms with Crippen molar-refractivity contribution in [1.29, 1.82) is 0 Å². The van der Waals surface area contributed by atoms with E-state index in [0.717, 1.165) is 0 Å². The van der Waals surface area contributed by atoms with Gasteiger partial charge in [-0.1, -0.05) is 0 Å². The molecule has 0 saturated heterocycles. The predicted molar refractivity (Wildman–Crippen MR) is 88.9 cm³/mol. The maximum absolute atomic E-state index is 12.1. The fourth-order valence-electron chi connectivity index (χ4n) is 1.53. The number of rotatable bonds is 10. The molecule has 142 valence electrons. The van der Waals surface area contributed by atoms with Gasteiger partial charge in [0.05, 0.1) is 12.5 Å². The van der Waals surface area contributed by atoms with E-state index in [9.17, 15) is 24.0 Å². The van der Waals surface area contributed by atoms with Crippen molar-refractivity contribution in [2.75, 3.05) is 5.75 Å². The number of hydrogen-bond acceptors (Lipinski definition) is 7. The van der Waals surface area contributed by atoms with E-state index < -0.39 is 60.2 Å². The average Bonchev–Trinajstić information content (AvgIpc) is 2.52. The minimum atomic E-state index is -1.46. The number of carbonyl (C=O) groups is 5. The molecular formula is C13H22N4O7S. The predicted octanol–water partition coefficient (Wildman–Crippen LogP) is -2.70. The van der Waals surface area contributed by atoms with Crippen molar-refractivity contribution in [3.05, 3.63) is 0 Å². The first-order chi connectivity index (χ1) is 11.5. The molecule has 0 radical (unpaired) electrons. The summed E-state index contributed by atoms with van der Waals surface area (Å²) < 4.78 is 0. The number of hydrogen-bond donors (Lipinski definition) is 7. The van der Waals surface area contributed by atoms with Crippen molar-refractivity contribution in [3.8, 4) is 0 Å². The zero-order chi connectivity index (χ0) is 19.7. The summed E-state index contributed by atoms with van der Waals surface area (Å²) in [6, 6.07) is -4.82. The Morgan fingerprint density at radius 3 is 1.88 bits per heavy atom. The van der Waals surface area contributed by atoms with Crippen LogP contribution in [0, 0.1) is 0 Å². The van der Waals surface area contributed by atoms with Crippen LogP contribution in [0.15, 0.2) is 0 Å². The van der Waals surface area contributed by atoms with E-state index in [0.29, 0.717) is 0 Å². The first kappa shape index (κ1) is 22.7.